The lowest BCUT2D eigenvalue weighted by molar-refractivity contribution is 0.416. The molecule has 0 aliphatic heterocycles. The van der Waals surface area contributed by atoms with Gasteiger partial charge in [0.1, 0.15) is 34.9 Å². The molecule has 0 aliphatic carbocycles. The molecule has 3 heterocycles. The molecule has 9 heteroatoms. The number of pyridine rings is 1. The third-order valence-electron chi connectivity index (χ3n) is 4.09. The number of ether oxygens (including phenoxy) is 1. The van der Waals surface area contributed by atoms with E-state index < -0.39 is 11.6 Å². The number of nitrogen functional groups attached to an aromatic ring is 1. The molecule has 7 nitrogen and oxygen atoms in total. The number of aryl methyl sites for hydroxylation is 1. The van der Waals surface area contributed by atoms with Crippen LogP contribution in [0.5, 0.6) is 5.75 Å². The van der Waals surface area contributed by atoms with Crippen molar-refractivity contribution in [2.24, 2.45) is 7.05 Å². The Morgan fingerprint density at radius 1 is 1.07 bits per heavy atom. The summed E-state index contributed by atoms with van der Waals surface area (Å²) in [5, 5.41) is 4.32. The lowest BCUT2D eigenvalue weighted by Crippen LogP contribution is -1.99. The fourth-order valence-corrected chi connectivity index (χ4v) is 2.88. The predicted octanol–water partition coefficient (Wildman–Crippen LogP) is 2.96. The Balaban J connectivity index is 1.99. The second kappa shape index (κ2) is 6.27. The van der Waals surface area contributed by atoms with Crippen LogP contribution in [-0.2, 0) is 7.05 Å². The molecule has 27 heavy (non-hydrogen) atoms. The highest BCUT2D eigenvalue weighted by Crippen LogP contribution is 2.35. The molecule has 0 amide bonds. The maximum absolute atomic E-state index is 14.3. The molecule has 0 spiro atoms. The Labute approximate surface area is 152 Å². The fourth-order valence-electron chi connectivity index (χ4n) is 2.88. The van der Waals surface area contributed by atoms with Gasteiger partial charge in [-0.1, -0.05) is 0 Å². The van der Waals surface area contributed by atoms with Crippen LogP contribution in [0.2, 0.25) is 0 Å². The number of anilines is 1. The summed E-state index contributed by atoms with van der Waals surface area (Å²) in [6.45, 7) is 0. The topological polar surface area (TPSA) is 91.7 Å². The van der Waals surface area contributed by atoms with Crippen LogP contribution in [0.1, 0.15) is 0 Å². The van der Waals surface area contributed by atoms with E-state index in [2.05, 4.69) is 20.1 Å². The van der Waals surface area contributed by atoms with Crippen LogP contribution < -0.4 is 10.5 Å². The van der Waals surface area contributed by atoms with Gasteiger partial charge in [-0.25, -0.2) is 23.7 Å². The van der Waals surface area contributed by atoms with Gasteiger partial charge in [0.2, 0.25) is 0 Å². The number of aromatic nitrogens is 5. The minimum Gasteiger partial charge on any atom is -0.493 e. The van der Waals surface area contributed by atoms with E-state index in [1.165, 1.54) is 30.3 Å². The summed E-state index contributed by atoms with van der Waals surface area (Å²) >= 11 is 0. The lowest BCUT2D eigenvalue weighted by atomic mass is 10.0. The van der Waals surface area contributed by atoms with Crippen molar-refractivity contribution in [1.29, 1.82) is 0 Å². The molecule has 0 unspecified atom stereocenters. The van der Waals surface area contributed by atoms with Crippen molar-refractivity contribution in [1.82, 2.24) is 24.7 Å². The number of fused-ring (bicyclic) bond motifs is 1. The average Bonchev–Trinajstić information content (AvgIpc) is 3.02. The van der Waals surface area contributed by atoms with Crippen molar-refractivity contribution in [2.75, 3.05) is 12.8 Å². The first-order chi connectivity index (χ1) is 13.0. The minimum absolute atomic E-state index is 0.153. The molecule has 4 rings (SSSR count). The number of benzene rings is 1. The maximum atomic E-state index is 14.3. The second-order valence-electron chi connectivity index (χ2n) is 5.86. The minimum atomic E-state index is -0.720. The average molecular weight is 368 g/mol. The smallest absolute Gasteiger partial charge is 0.166 e. The number of hydrogen-bond acceptors (Lipinski definition) is 6. The van der Waals surface area contributed by atoms with Gasteiger partial charge in [0.05, 0.1) is 12.6 Å². The van der Waals surface area contributed by atoms with Crippen LogP contribution in [-0.4, -0.2) is 31.8 Å². The van der Waals surface area contributed by atoms with E-state index in [1.54, 1.807) is 19.3 Å². The summed E-state index contributed by atoms with van der Waals surface area (Å²) in [5.41, 5.74) is 8.28. The van der Waals surface area contributed by atoms with Crippen molar-refractivity contribution in [3.05, 3.63) is 48.4 Å². The first kappa shape index (κ1) is 16.8. The Morgan fingerprint density at radius 2 is 1.89 bits per heavy atom. The Hall–Kier alpha value is -3.62. The highest BCUT2D eigenvalue weighted by atomic mass is 19.1. The summed E-state index contributed by atoms with van der Waals surface area (Å²) in [7, 11) is 3.18. The van der Waals surface area contributed by atoms with Gasteiger partial charge in [-0.15, -0.1) is 0 Å². The molecular weight excluding hydrogens is 354 g/mol. The number of rotatable bonds is 3. The van der Waals surface area contributed by atoms with E-state index in [9.17, 15) is 8.78 Å². The Morgan fingerprint density at radius 3 is 2.63 bits per heavy atom. The van der Waals surface area contributed by atoms with Crippen molar-refractivity contribution in [3.63, 3.8) is 0 Å². The lowest BCUT2D eigenvalue weighted by Gasteiger charge is -2.09. The Kier molecular flexibility index (Phi) is 3.91. The third-order valence-corrected chi connectivity index (χ3v) is 4.09. The van der Waals surface area contributed by atoms with Crippen LogP contribution in [0.3, 0.4) is 0 Å². The van der Waals surface area contributed by atoms with Crippen LogP contribution in [0.4, 0.5) is 14.6 Å². The Bertz CT molecular complexity index is 1170. The van der Waals surface area contributed by atoms with Crippen LogP contribution >= 0.6 is 0 Å². The quantitative estimate of drug-likeness (QED) is 0.598. The molecule has 3 aromatic heterocycles. The zero-order chi connectivity index (χ0) is 19.1. The van der Waals surface area contributed by atoms with Gasteiger partial charge in [-0.05, 0) is 12.1 Å². The molecule has 0 saturated carbocycles. The molecular formula is C18H14F2N6O. The molecule has 0 aliphatic rings. The largest absolute Gasteiger partial charge is 0.493 e. The van der Waals surface area contributed by atoms with Crippen molar-refractivity contribution < 1.29 is 13.5 Å². The first-order valence-electron chi connectivity index (χ1n) is 7.92. The van der Waals surface area contributed by atoms with E-state index in [-0.39, 0.29) is 11.4 Å². The van der Waals surface area contributed by atoms with Crippen molar-refractivity contribution in [2.45, 2.75) is 0 Å². The van der Waals surface area contributed by atoms with Gasteiger partial charge in [-0.3, -0.25) is 4.68 Å². The van der Waals surface area contributed by atoms with Gasteiger partial charge in [0.15, 0.2) is 11.6 Å². The maximum Gasteiger partial charge on any atom is 0.166 e. The monoisotopic (exact) mass is 368 g/mol. The number of nitrogens with two attached hydrogens (primary N) is 1. The summed E-state index contributed by atoms with van der Waals surface area (Å²) in [6, 6.07) is 4.98. The predicted molar refractivity (Wildman–Crippen MR) is 95.9 cm³/mol. The fraction of sp³-hybridized carbons (Fsp3) is 0.111. The third kappa shape index (κ3) is 2.82. The van der Waals surface area contributed by atoms with Crippen LogP contribution in [0.25, 0.3) is 33.5 Å². The molecule has 0 saturated heterocycles. The van der Waals surface area contributed by atoms with Gasteiger partial charge < -0.3 is 10.5 Å². The summed E-state index contributed by atoms with van der Waals surface area (Å²) < 4.78 is 34.3. The van der Waals surface area contributed by atoms with E-state index in [4.69, 9.17) is 10.5 Å². The van der Waals surface area contributed by atoms with Gasteiger partial charge in [0.25, 0.3) is 0 Å². The molecule has 1 aromatic carbocycles. The van der Waals surface area contributed by atoms with Gasteiger partial charge in [-0.2, -0.15) is 5.10 Å². The van der Waals surface area contributed by atoms with Crippen LogP contribution in [0.15, 0.2) is 36.8 Å². The molecule has 0 radical (unpaired) electrons. The number of nitrogens with zero attached hydrogens (tertiary/aromatic N) is 5. The molecule has 0 fully saturated rings. The molecule has 0 atom stereocenters. The van der Waals surface area contributed by atoms with E-state index in [1.807, 2.05) is 0 Å². The van der Waals surface area contributed by atoms with Gasteiger partial charge >= 0.3 is 0 Å². The normalized spacial score (nSPS) is 11.1. The number of hydrogen-bond donors (Lipinski definition) is 1. The molecule has 4 aromatic rings. The molecule has 0 bridgehead atoms. The van der Waals surface area contributed by atoms with Gasteiger partial charge in [0, 0.05) is 36.5 Å². The van der Waals surface area contributed by atoms with Crippen LogP contribution in [0, 0.1) is 11.6 Å². The molecule has 136 valence electrons. The van der Waals surface area contributed by atoms with Crippen molar-refractivity contribution in [3.8, 4) is 28.3 Å². The van der Waals surface area contributed by atoms with Crippen molar-refractivity contribution >= 4 is 16.9 Å². The highest BCUT2D eigenvalue weighted by Gasteiger charge is 2.20. The number of halogens is 2. The molecule has 2 N–H and O–H groups in total. The summed E-state index contributed by atoms with van der Waals surface area (Å²) in [5.74, 6) is -0.812. The summed E-state index contributed by atoms with van der Waals surface area (Å²) in [6.07, 6.45) is 3.05. The SMILES string of the molecule is COc1cc2ncnc(-c3cn(C)nc3-c3ccc(F)cc3F)c2nc1N. The van der Waals surface area contributed by atoms with E-state index in [0.29, 0.717) is 33.7 Å². The first-order valence-corrected chi connectivity index (χ1v) is 7.92. The second-order valence-corrected chi connectivity index (χ2v) is 5.86. The standard InChI is InChI=1S/C18H14F2N6O/c1-26-7-11(15(25-26)10-4-3-9(19)5-12(10)20)16-17-13(22-8-23-16)6-14(27-2)18(21)24-17/h3-8H,1-2H3,(H2,21,24). The summed E-state index contributed by atoms with van der Waals surface area (Å²) in [4.78, 5) is 12.8. The highest BCUT2D eigenvalue weighted by molar-refractivity contribution is 5.94. The van der Waals surface area contributed by atoms with E-state index >= 15 is 0 Å². The zero-order valence-electron chi connectivity index (χ0n) is 14.4. The zero-order valence-corrected chi connectivity index (χ0v) is 14.4. The number of methoxy groups -OCH3 is 1. The van der Waals surface area contributed by atoms with E-state index in [0.717, 1.165) is 6.07 Å².